The van der Waals surface area contributed by atoms with Crippen LogP contribution in [0.2, 0.25) is 0 Å². The van der Waals surface area contributed by atoms with Crippen LogP contribution in [-0.2, 0) is 7.05 Å². The predicted octanol–water partition coefficient (Wildman–Crippen LogP) is 2.17. The molecule has 9 heteroatoms. The number of hydrogen-bond acceptors (Lipinski definition) is 6. The molecule has 4 rings (SSSR count). The van der Waals surface area contributed by atoms with E-state index in [9.17, 15) is 4.79 Å². The molecule has 0 saturated carbocycles. The zero-order valence-electron chi connectivity index (χ0n) is 13.0. The first-order valence-corrected chi connectivity index (χ1v) is 7.99. The lowest BCUT2D eigenvalue weighted by atomic mass is 10.3. The van der Waals surface area contributed by atoms with E-state index in [1.165, 1.54) is 17.7 Å². The Morgan fingerprint density at radius 2 is 2.21 bits per heavy atom. The number of nitrogens with one attached hydrogen (secondary N) is 1. The summed E-state index contributed by atoms with van der Waals surface area (Å²) >= 11 is 1.42. The first-order chi connectivity index (χ1) is 11.6. The van der Waals surface area contributed by atoms with Gasteiger partial charge in [-0.15, -0.1) is 11.3 Å². The lowest BCUT2D eigenvalue weighted by Gasteiger charge is -2.04. The summed E-state index contributed by atoms with van der Waals surface area (Å²) < 4.78 is 3.34. The SMILES string of the molecule is Cc1nn(C)c2sc(C(=O)Nc3ccc(-n4cncn4)nc3)cc12. The monoisotopic (exact) mass is 339 g/mol. The number of thiophene rings is 1. The fourth-order valence-corrected chi connectivity index (χ4v) is 3.45. The van der Waals surface area contributed by atoms with E-state index in [1.54, 1.807) is 34.0 Å². The van der Waals surface area contributed by atoms with Gasteiger partial charge in [0.2, 0.25) is 0 Å². The largest absolute Gasteiger partial charge is 0.320 e. The minimum atomic E-state index is -0.161. The van der Waals surface area contributed by atoms with Crippen LogP contribution in [0.4, 0.5) is 5.69 Å². The molecule has 0 aliphatic carbocycles. The fraction of sp³-hybridized carbons (Fsp3) is 0.133. The lowest BCUT2D eigenvalue weighted by molar-refractivity contribution is 0.103. The van der Waals surface area contributed by atoms with Crippen molar-refractivity contribution in [2.45, 2.75) is 6.92 Å². The van der Waals surface area contributed by atoms with Crippen molar-refractivity contribution in [3.8, 4) is 5.82 Å². The lowest BCUT2D eigenvalue weighted by Crippen LogP contribution is -2.10. The molecule has 0 saturated heterocycles. The van der Waals surface area contributed by atoms with Crippen molar-refractivity contribution in [2.24, 2.45) is 7.05 Å². The molecule has 0 aromatic carbocycles. The Hall–Kier alpha value is -3.07. The number of fused-ring (bicyclic) bond motifs is 1. The molecule has 0 spiro atoms. The summed E-state index contributed by atoms with van der Waals surface area (Å²) in [5.74, 6) is 0.472. The molecule has 1 N–H and O–H groups in total. The number of aryl methyl sites for hydroxylation is 2. The van der Waals surface area contributed by atoms with Gasteiger partial charge in [-0.3, -0.25) is 9.48 Å². The number of anilines is 1. The van der Waals surface area contributed by atoms with Crippen LogP contribution in [0.1, 0.15) is 15.4 Å². The third-order valence-electron chi connectivity index (χ3n) is 3.58. The zero-order valence-corrected chi connectivity index (χ0v) is 13.8. The molecule has 0 aliphatic rings. The summed E-state index contributed by atoms with van der Waals surface area (Å²) in [6.45, 7) is 1.93. The summed E-state index contributed by atoms with van der Waals surface area (Å²) in [6, 6.07) is 5.42. The number of carbonyl (C=O) groups excluding carboxylic acids is 1. The molecular weight excluding hydrogens is 326 g/mol. The van der Waals surface area contributed by atoms with Crippen LogP contribution in [0.3, 0.4) is 0 Å². The Kier molecular flexibility index (Phi) is 3.35. The maximum Gasteiger partial charge on any atom is 0.265 e. The van der Waals surface area contributed by atoms with Crippen LogP contribution in [0.25, 0.3) is 16.0 Å². The van der Waals surface area contributed by atoms with Crippen LogP contribution in [-0.4, -0.2) is 35.4 Å². The Morgan fingerprint density at radius 1 is 1.33 bits per heavy atom. The third-order valence-corrected chi connectivity index (χ3v) is 4.78. The van der Waals surface area contributed by atoms with Crippen LogP contribution in [0.15, 0.2) is 37.1 Å². The van der Waals surface area contributed by atoms with E-state index >= 15 is 0 Å². The average Bonchev–Trinajstić information content (AvgIpc) is 3.29. The summed E-state index contributed by atoms with van der Waals surface area (Å²) in [7, 11) is 1.88. The van der Waals surface area contributed by atoms with E-state index in [2.05, 4.69) is 25.5 Å². The standard InChI is InChI=1S/C15H13N7OS/c1-9-11-5-12(24-15(11)21(2)20-9)14(23)19-10-3-4-13(17-6-10)22-8-16-7-18-22/h3-8H,1-2H3,(H,19,23). The molecule has 4 aromatic heterocycles. The van der Waals surface area contributed by atoms with Gasteiger partial charge in [0, 0.05) is 12.4 Å². The molecule has 4 aromatic rings. The second kappa shape index (κ2) is 5.53. The van der Waals surface area contributed by atoms with Gasteiger partial charge in [-0.25, -0.2) is 14.6 Å². The number of rotatable bonds is 3. The van der Waals surface area contributed by atoms with E-state index < -0.39 is 0 Å². The van der Waals surface area contributed by atoms with Gasteiger partial charge in [-0.05, 0) is 25.1 Å². The van der Waals surface area contributed by atoms with Gasteiger partial charge in [0.25, 0.3) is 5.91 Å². The molecule has 1 amide bonds. The van der Waals surface area contributed by atoms with Gasteiger partial charge < -0.3 is 5.32 Å². The van der Waals surface area contributed by atoms with Crippen molar-refractivity contribution >= 4 is 33.1 Å². The highest BCUT2D eigenvalue weighted by molar-refractivity contribution is 7.20. The van der Waals surface area contributed by atoms with E-state index in [0.29, 0.717) is 16.4 Å². The van der Waals surface area contributed by atoms with E-state index in [1.807, 2.05) is 20.0 Å². The molecule has 0 atom stereocenters. The highest BCUT2D eigenvalue weighted by atomic mass is 32.1. The normalized spacial score (nSPS) is 11.1. The molecule has 120 valence electrons. The molecule has 24 heavy (non-hydrogen) atoms. The van der Waals surface area contributed by atoms with E-state index in [-0.39, 0.29) is 5.91 Å². The van der Waals surface area contributed by atoms with E-state index in [4.69, 9.17) is 0 Å². The van der Waals surface area contributed by atoms with Gasteiger partial charge in [0.15, 0.2) is 5.82 Å². The number of pyridine rings is 1. The maximum atomic E-state index is 12.4. The molecule has 8 nitrogen and oxygen atoms in total. The summed E-state index contributed by atoms with van der Waals surface area (Å²) in [6.07, 6.45) is 4.60. The second-order valence-corrected chi connectivity index (χ2v) is 6.27. The number of carbonyl (C=O) groups is 1. The molecule has 0 radical (unpaired) electrons. The second-order valence-electron chi connectivity index (χ2n) is 5.24. The Balaban J connectivity index is 1.55. The fourth-order valence-electron chi connectivity index (χ4n) is 2.43. The molecule has 4 heterocycles. The van der Waals surface area contributed by atoms with Gasteiger partial charge in [0.05, 0.1) is 22.5 Å². The number of nitrogens with zero attached hydrogens (tertiary/aromatic N) is 6. The van der Waals surface area contributed by atoms with Gasteiger partial charge in [-0.2, -0.15) is 10.2 Å². The number of amides is 1. The quantitative estimate of drug-likeness (QED) is 0.618. The Bertz CT molecular complexity index is 980. The zero-order chi connectivity index (χ0) is 16.7. The van der Waals surface area contributed by atoms with E-state index in [0.717, 1.165) is 15.9 Å². The molecule has 0 aliphatic heterocycles. The van der Waals surface area contributed by atoms with Gasteiger partial charge in [0.1, 0.15) is 17.5 Å². The number of aromatic nitrogens is 6. The first kappa shape index (κ1) is 14.5. The molecular formula is C15H13N7OS. The first-order valence-electron chi connectivity index (χ1n) is 7.17. The number of hydrogen-bond donors (Lipinski definition) is 1. The molecule has 0 bridgehead atoms. The van der Waals surface area contributed by atoms with Crippen LogP contribution in [0.5, 0.6) is 0 Å². The smallest absolute Gasteiger partial charge is 0.265 e. The van der Waals surface area contributed by atoms with Gasteiger partial charge in [-0.1, -0.05) is 0 Å². The Morgan fingerprint density at radius 3 is 2.88 bits per heavy atom. The summed E-state index contributed by atoms with van der Waals surface area (Å²) in [4.78, 5) is 22.2. The van der Waals surface area contributed by atoms with Crippen molar-refractivity contribution in [1.82, 2.24) is 29.5 Å². The maximum absolute atomic E-state index is 12.4. The summed E-state index contributed by atoms with van der Waals surface area (Å²) in [5.41, 5.74) is 1.54. The molecule has 0 fully saturated rings. The predicted molar refractivity (Wildman–Crippen MR) is 90.4 cm³/mol. The van der Waals surface area contributed by atoms with Crippen molar-refractivity contribution < 1.29 is 4.79 Å². The van der Waals surface area contributed by atoms with Crippen molar-refractivity contribution in [2.75, 3.05) is 5.32 Å². The van der Waals surface area contributed by atoms with Crippen molar-refractivity contribution in [1.29, 1.82) is 0 Å². The van der Waals surface area contributed by atoms with Gasteiger partial charge >= 0.3 is 0 Å². The van der Waals surface area contributed by atoms with Crippen LogP contribution < -0.4 is 5.32 Å². The minimum absolute atomic E-state index is 0.161. The van der Waals surface area contributed by atoms with Crippen molar-refractivity contribution in [3.63, 3.8) is 0 Å². The average molecular weight is 339 g/mol. The highest BCUT2D eigenvalue weighted by Crippen LogP contribution is 2.28. The van der Waals surface area contributed by atoms with Crippen LogP contribution in [0, 0.1) is 6.92 Å². The minimum Gasteiger partial charge on any atom is -0.320 e. The topological polar surface area (TPSA) is 90.5 Å². The third kappa shape index (κ3) is 2.44. The summed E-state index contributed by atoms with van der Waals surface area (Å²) in [5, 5.41) is 12.2. The van der Waals surface area contributed by atoms with Crippen LogP contribution >= 0.6 is 11.3 Å². The van der Waals surface area contributed by atoms with Crippen molar-refractivity contribution in [3.05, 3.63) is 47.6 Å². The Labute approximate surface area is 140 Å². The molecule has 0 unspecified atom stereocenters. The highest BCUT2D eigenvalue weighted by Gasteiger charge is 2.15.